The summed E-state index contributed by atoms with van der Waals surface area (Å²) in [6.07, 6.45) is 4.04. The predicted molar refractivity (Wildman–Crippen MR) is 97.4 cm³/mol. The van der Waals surface area contributed by atoms with Crippen LogP contribution in [0.3, 0.4) is 0 Å². The van der Waals surface area contributed by atoms with Crippen LogP contribution >= 0.6 is 0 Å². The third kappa shape index (κ3) is 3.71. The second-order valence-corrected chi connectivity index (χ2v) is 8.02. The number of hydrogen-bond donors (Lipinski definition) is 1. The molecule has 1 amide bonds. The van der Waals surface area contributed by atoms with E-state index in [1.54, 1.807) is 0 Å². The number of oxime groups is 1. The van der Waals surface area contributed by atoms with Crippen molar-refractivity contribution >= 4 is 11.6 Å². The monoisotopic (exact) mass is 341 g/mol. The first-order valence-corrected chi connectivity index (χ1v) is 9.35. The fourth-order valence-electron chi connectivity index (χ4n) is 3.75. The Kier molecular flexibility index (Phi) is 4.28. The molecule has 2 aliphatic heterocycles. The van der Waals surface area contributed by atoms with Crippen LogP contribution < -0.4 is 5.32 Å². The zero-order valence-corrected chi connectivity index (χ0v) is 15.2. The zero-order valence-electron chi connectivity index (χ0n) is 15.2. The standard InChI is InChI=1S/C20H27N3O2/c1-14-3-4-17(9-15(14)2)12-23-8-7-20(13-23)10-18(22-25-20)19(24)21-11-16-5-6-16/h3-4,9,16H,5-8,10-13H2,1-2H3,(H,21,24)/t20-/m1/s1. The molecule has 1 aromatic rings. The van der Waals surface area contributed by atoms with Crippen molar-refractivity contribution in [3.8, 4) is 0 Å². The molecule has 0 unspecified atom stereocenters. The second-order valence-electron chi connectivity index (χ2n) is 8.02. The van der Waals surface area contributed by atoms with E-state index >= 15 is 0 Å². The minimum Gasteiger partial charge on any atom is -0.387 e. The summed E-state index contributed by atoms with van der Waals surface area (Å²) in [6.45, 7) is 7.83. The molecule has 1 atom stereocenters. The minimum atomic E-state index is -0.300. The van der Waals surface area contributed by atoms with Crippen molar-refractivity contribution in [3.63, 3.8) is 0 Å². The van der Waals surface area contributed by atoms with Crippen LogP contribution in [0.25, 0.3) is 0 Å². The van der Waals surface area contributed by atoms with Gasteiger partial charge in [-0.1, -0.05) is 23.4 Å². The Morgan fingerprint density at radius 2 is 2.20 bits per heavy atom. The summed E-state index contributed by atoms with van der Waals surface area (Å²) in [5, 5.41) is 7.11. The number of aryl methyl sites for hydroxylation is 2. The van der Waals surface area contributed by atoms with E-state index < -0.39 is 0 Å². The van der Waals surface area contributed by atoms with Crippen molar-refractivity contribution in [1.82, 2.24) is 10.2 Å². The highest BCUT2D eigenvalue weighted by atomic mass is 16.7. The highest BCUT2D eigenvalue weighted by Gasteiger charge is 2.46. The van der Waals surface area contributed by atoms with Crippen LogP contribution in [-0.4, -0.2) is 41.8 Å². The predicted octanol–water partition coefficient (Wildman–Crippen LogP) is 2.55. The van der Waals surface area contributed by atoms with E-state index in [1.807, 2.05) is 0 Å². The third-order valence-electron chi connectivity index (χ3n) is 5.72. The maximum Gasteiger partial charge on any atom is 0.269 e. The van der Waals surface area contributed by atoms with E-state index in [1.165, 1.54) is 29.5 Å². The van der Waals surface area contributed by atoms with Gasteiger partial charge in [0.15, 0.2) is 5.60 Å². The maximum absolute atomic E-state index is 12.2. The number of likely N-dealkylation sites (tertiary alicyclic amines) is 1. The first-order chi connectivity index (χ1) is 12.0. The van der Waals surface area contributed by atoms with Crippen molar-refractivity contribution in [1.29, 1.82) is 0 Å². The van der Waals surface area contributed by atoms with E-state index in [4.69, 9.17) is 4.84 Å². The van der Waals surface area contributed by atoms with Crippen molar-refractivity contribution in [2.75, 3.05) is 19.6 Å². The van der Waals surface area contributed by atoms with Gasteiger partial charge in [-0.2, -0.15) is 0 Å². The van der Waals surface area contributed by atoms with Crippen LogP contribution in [0.1, 0.15) is 42.4 Å². The maximum atomic E-state index is 12.2. The highest BCUT2D eigenvalue weighted by molar-refractivity contribution is 6.39. The molecule has 2 fully saturated rings. The lowest BCUT2D eigenvalue weighted by Gasteiger charge is -2.22. The van der Waals surface area contributed by atoms with Crippen LogP contribution in [0, 0.1) is 19.8 Å². The molecular weight excluding hydrogens is 314 g/mol. The SMILES string of the molecule is Cc1ccc(CN2CC[C@@]3(CC(C(=O)NCC4CC4)=NO3)C2)cc1C. The Bertz CT molecular complexity index is 711. The summed E-state index contributed by atoms with van der Waals surface area (Å²) in [4.78, 5) is 20.4. The van der Waals surface area contributed by atoms with Crippen LogP contribution in [0.2, 0.25) is 0 Å². The van der Waals surface area contributed by atoms with Crippen LogP contribution in [0.5, 0.6) is 0 Å². The Hall–Kier alpha value is -1.88. The first kappa shape index (κ1) is 16.6. The van der Waals surface area contributed by atoms with E-state index in [2.05, 4.69) is 47.4 Å². The Morgan fingerprint density at radius 3 is 2.96 bits per heavy atom. The van der Waals surface area contributed by atoms with Gasteiger partial charge in [0.1, 0.15) is 5.71 Å². The normalized spacial score (nSPS) is 25.9. The molecule has 1 N–H and O–H groups in total. The Morgan fingerprint density at radius 1 is 1.36 bits per heavy atom. The summed E-state index contributed by atoms with van der Waals surface area (Å²) in [5.74, 6) is 0.636. The Labute approximate surface area is 149 Å². The highest BCUT2D eigenvalue weighted by Crippen LogP contribution is 2.35. The summed E-state index contributed by atoms with van der Waals surface area (Å²) in [6, 6.07) is 6.66. The van der Waals surface area contributed by atoms with Crippen LogP contribution in [-0.2, 0) is 16.2 Å². The number of benzene rings is 1. The summed E-state index contributed by atoms with van der Waals surface area (Å²) >= 11 is 0. The van der Waals surface area contributed by atoms with Gasteiger partial charge in [0, 0.05) is 39.0 Å². The smallest absolute Gasteiger partial charge is 0.269 e. The average Bonchev–Trinajstić information content (AvgIpc) is 3.22. The molecule has 5 heteroatoms. The van der Waals surface area contributed by atoms with Gasteiger partial charge in [-0.05, 0) is 49.3 Å². The molecule has 5 nitrogen and oxygen atoms in total. The lowest BCUT2D eigenvalue weighted by Crippen LogP contribution is -2.37. The van der Waals surface area contributed by atoms with Crippen molar-refractivity contribution < 1.29 is 9.63 Å². The molecule has 1 saturated carbocycles. The van der Waals surface area contributed by atoms with Crippen molar-refractivity contribution in [2.45, 2.75) is 51.7 Å². The molecular formula is C20H27N3O2. The lowest BCUT2D eigenvalue weighted by atomic mass is 9.96. The van der Waals surface area contributed by atoms with E-state index in [0.29, 0.717) is 18.1 Å². The van der Waals surface area contributed by atoms with Gasteiger partial charge in [0.2, 0.25) is 0 Å². The van der Waals surface area contributed by atoms with Gasteiger partial charge in [-0.25, -0.2) is 0 Å². The summed E-state index contributed by atoms with van der Waals surface area (Å²) in [7, 11) is 0. The van der Waals surface area contributed by atoms with E-state index in [9.17, 15) is 4.79 Å². The summed E-state index contributed by atoms with van der Waals surface area (Å²) < 4.78 is 0. The molecule has 134 valence electrons. The largest absolute Gasteiger partial charge is 0.387 e. The number of carbonyl (C=O) groups is 1. The molecule has 4 rings (SSSR count). The van der Waals surface area contributed by atoms with Gasteiger partial charge < -0.3 is 10.2 Å². The molecule has 0 radical (unpaired) electrons. The second kappa shape index (κ2) is 6.45. The Balaban J connectivity index is 1.31. The topological polar surface area (TPSA) is 53.9 Å². The van der Waals surface area contributed by atoms with Crippen LogP contribution in [0.15, 0.2) is 23.4 Å². The lowest BCUT2D eigenvalue weighted by molar-refractivity contribution is -0.115. The van der Waals surface area contributed by atoms with Gasteiger partial charge in [-0.3, -0.25) is 9.69 Å². The summed E-state index contributed by atoms with van der Waals surface area (Å²) in [5.41, 5.74) is 4.26. The van der Waals surface area contributed by atoms with Gasteiger partial charge in [0.05, 0.1) is 0 Å². The number of hydrogen-bond acceptors (Lipinski definition) is 4. The molecule has 1 saturated heterocycles. The first-order valence-electron chi connectivity index (χ1n) is 9.35. The number of nitrogens with one attached hydrogen (secondary N) is 1. The molecule has 0 aromatic heterocycles. The van der Waals surface area contributed by atoms with E-state index in [-0.39, 0.29) is 11.5 Å². The van der Waals surface area contributed by atoms with Crippen molar-refractivity contribution in [3.05, 3.63) is 34.9 Å². The third-order valence-corrected chi connectivity index (χ3v) is 5.72. The van der Waals surface area contributed by atoms with Gasteiger partial charge in [-0.15, -0.1) is 0 Å². The molecule has 3 aliphatic rings. The molecule has 2 heterocycles. The molecule has 1 aliphatic carbocycles. The molecule has 1 aromatic carbocycles. The zero-order chi connectivity index (χ0) is 17.4. The number of amides is 1. The molecule has 1 spiro atoms. The van der Waals surface area contributed by atoms with Crippen molar-refractivity contribution in [2.24, 2.45) is 11.1 Å². The molecule has 25 heavy (non-hydrogen) atoms. The van der Waals surface area contributed by atoms with E-state index in [0.717, 1.165) is 32.6 Å². The van der Waals surface area contributed by atoms with Gasteiger partial charge in [0.25, 0.3) is 5.91 Å². The van der Waals surface area contributed by atoms with Crippen LogP contribution in [0.4, 0.5) is 0 Å². The molecule has 0 bridgehead atoms. The number of rotatable bonds is 5. The number of carbonyl (C=O) groups excluding carboxylic acids is 1. The fraction of sp³-hybridized carbons (Fsp3) is 0.600. The van der Waals surface area contributed by atoms with Gasteiger partial charge >= 0.3 is 0 Å². The number of nitrogens with zero attached hydrogens (tertiary/aromatic N) is 2. The minimum absolute atomic E-state index is 0.0450. The average molecular weight is 341 g/mol. The fourth-order valence-corrected chi connectivity index (χ4v) is 3.75. The quantitative estimate of drug-likeness (QED) is 0.895.